The summed E-state index contributed by atoms with van der Waals surface area (Å²) in [7, 11) is 1.64. The average molecular weight is 206 g/mol. The van der Waals surface area contributed by atoms with Gasteiger partial charge in [-0.1, -0.05) is 0 Å². The molecule has 86 valence electrons. The van der Waals surface area contributed by atoms with Gasteiger partial charge in [0.15, 0.2) is 0 Å². The lowest BCUT2D eigenvalue weighted by atomic mass is 10.2. The minimum absolute atomic E-state index is 0.0843. The Morgan fingerprint density at radius 2 is 1.71 bits per heavy atom. The predicted octanol–water partition coefficient (Wildman–Crippen LogP) is 0.825. The summed E-state index contributed by atoms with van der Waals surface area (Å²) < 4.78 is 15.4. The Morgan fingerprint density at radius 3 is 2.29 bits per heavy atom. The van der Waals surface area contributed by atoms with Gasteiger partial charge in [0, 0.05) is 7.11 Å². The van der Waals surface area contributed by atoms with Crippen molar-refractivity contribution in [3.05, 3.63) is 0 Å². The van der Waals surface area contributed by atoms with E-state index in [1.54, 1.807) is 14.0 Å². The highest BCUT2D eigenvalue weighted by molar-refractivity contribution is 4.55. The third-order valence-corrected chi connectivity index (χ3v) is 1.73. The number of aliphatic hydroxyl groups excluding tert-OH is 1. The van der Waals surface area contributed by atoms with E-state index in [1.165, 1.54) is 0 Å². The van der Waals surface area contributed by atoms with Crippen molar-refractivity contribution in [2.45, 2.75) is 32.5 Å². The second-order valence-electron chi connectivity index (χ2n) is 3.37. The van der Waals surface area contributed by atoms with E-state index in [4.69, 9.17) is 19.3 Å². The van der Waals surface area contributed by atoms with Gasteiger partial charge in [0.2, 0.25) is 0 Å². The molecule has 2 atom stereocenters. The van der Waals surface area contributed by atoms with Gasteiger partial charge in [0.1, 0.15) is 0 Å². The van der Waals surface area contributed by atoms with Crippen molar-refractivity contribution >= 4 is 0 Å². The van der Waals surface area contributed by atoms with E-state index in [9.17, 15) is 0 Å². The van der Waals surface area contributed by atoms with Crippen LogP contribution in [0.15, 0.2) is 0 Å². The van der Waals surface area contributed by atoms with Crippen LogP contribution in [0.3, 0.4) is 0 Å². The molecule has 0 saturated carbocycles. The fourth-order valence-corrected chi connectivity index (χ4v) is 1.10. The lowest BCUT2D eigenvalue weighted by Crippen LogP contribution is -2.18. The minimum atomic E-state index is -0.306. The maximum atomic E-state index is 9.07. The SMILES string of the molecule is COCCOCCOC(C)CC(C)O. The first kappa shape index (κ1) is 13.8. The van der Waals surface area contributed by atoms with Crippen LogP contribution in [-0.2, 0) is 14.2 Å². The third-order valence-electron chi connectivity index (χ3n) is 1.73. The van der Waals surface area contributed by atoms with Crippen molar-refractivity contribution in [1.29, 1.82) is 0 Å². The second-order valence-corrected chi connectivity index (χ2v) is 3.37. The van der Waals surface area contributed by atoms with E-state index < -0.39 is 0 Å². The normalized spacial score (nSPS) is 15.4. The standard InChI is InChI=1S/C10H22O4/c1-9(11)8-10(2)14-7-6-13-5-4-12-3/h9-11H,4-8H2,1-3H3. The van der Waals surface area contributed by atoms with Gasteiger partial charge in [0.25, 0.3) is 0 Å². The highest BCUT2D eigenvalue weighted by Gasteiger charge is 2.05. The highest BCUT2D eigenvalue weighted by Crippen LogP contribution is 2.01. The molecular weight excluding hydrogens is 184 g/mol. The average Bonchev–Trinajstić information content (AvgIpc) is 2.10. The van der Waals surface area contributed by atoms with E-state index in [2.05, 4.69) is 0 Å². The van der Waals surface area contributed by atoms with E-state index in [0.717, 1.165) is 0 Å². The number of ether oxygens (including phenoxy) is 3. The van der Waals surface area contributed by atoms with Crippen LogP contribution in [0.2, 0.25) is 0 Å². The monoisotopic (exact) mass is 206 g/mol. The van der Waals surface area contributed by atoms with Gasteiger partial charge in [-0.2, -0.15) is 0 Å². The highest BCUT2D eigenvalue weighted by atomic mass is 16.5. The van der Waals surface area contributed by atoms with E-state index in [-0.39, 0.29) is 12.2 Å². The van der Waals surface area contributed by atoms with Gasteiger partial charge in [0.05, 0.1) is 38.6 Å². The zero-order chi connectivity index (χ0) is 10.8. The van der Waals surface area contributed by atoms with Crippen molar-refractivity contribution in [2.75, 3.05) is 33.5 Å². The Balaban J connectivity index is 3.10. The Kier molecular flexibility index (Phi) is 9.29. The summed E-state index contributed by atoms with van der Waals surface area (Å²) in [5.41, 5.74) is 0. The molecule has 0 rings (SSSR count). The van der Waals surface area contributed by atoms with Crippen LogP contribution in [0.4, 0.5) is 0 Å². The Labute approximate surface area is 86.2 Å². The Morgan fingerprint density at radius 1 is 1.07 bits per heavy atom. The fourth-order valence-electron chi connectivity index (χ4n) is 1.10. The summed E-state index contributed by atoms with van der Waals surface area (Å²) >= 11 is 0. The molecule has 0 saturated heterocycles. The molecule has 0 aromatic rings. The molecule has 0 fully saturated rings. The lowest BCUT2D eigenvalue weighted by Gasteiger charge is -2.14. The molecular formula is C10H22O4. The van der Waals surface area contributed by atoms with Crippen molar-refractivity contribution in [3.63, 3.8) is 0 Å². The number of rotatable bonds is 9. The van der Waals surface area contributed by atoms with Crippen LogP contribution in [0, 0.1) is 0 Å². The molecule has 0 aromatic carbocycles. The van der Waals surface area contributed by atoms with E-state index in [0.29, 0.717) is 32.8 Å². The smallest absolute Gasteiger partial charge is 0.0704 e. The molecule has 1 N–H and O–H groups in total. The summed E-state index contributed by atoms with van der Waals surface area (Å²) in [6.45, 7) is 6.07. The first-order valence-electron chi connectivity index (χ1n) is 5.03. The molecule has 0 amide bonds. The quantitative estimate of drug-likeness (QED) is 0.568. The topological polar surface area (TPSA) is 47.9 Å². The summed E-state index contributed by atoms with van der Waals surface area (Å²) in [5.74, 6) is 0. The van der Waals surface area contributed by atoms with Crippen LogP contribution < -0.4 is 0 Å². The summed E-state index contributed by atoms with van der Waals surface area (Å²) in [4.78, 5) is 0. The Bertz CT molecular complexity index is 117. The van der Waals surface area contributed by atoms with E-state index in [1.807, 2.05) is 6.92 Å². The lowest BCUT2D eigenvalue weighted by molar-refractivity contribution is -0.0147. The van der Waals surface area contributed by atoms with Crippen LogP contribution in [0.25, 0.3) is 0 Å². The molecule has 0 radical (unpaired) electrons. The third kappa shape index (κ3) is 9.92. The minimum Gasteiger partial charge on any atom is -0.393 e. The molecule has 0 bridgehead atoms. The first-order valence-corrected chi connectivity index (χ1v) is 5.03. The summed E-state index contributed by atoms with van der Waals surface area (Å²) in [6, 6.07) is 0. The fraction of sp³-hybridized carbons (Fsp3) is 1.00. The van der Waals surface area contributed by atoms with Gasteiger partial charge >= 0.3 is 0 Å². The molecule has 14 heavy (non-hydrogen) atoms. The maximum Gasteiger partial charge on any atom is 0.0704 e. The molecule has 0 aliphatic carbocycles. The van der Waals surface area contributed by atoms with Gasteiger partial charge in [-0.25, -0.2) is 0 Å². The van der Waals surface area contributed by atoms with Crippen LogP contribution >= 0.6 is 0 Å². The molecule has 0 spiro atoms. The molecule has 2 unspecified atom stereocenters. The van der Waals surface area contributed by atoms with Crippen LogP contribution in [-0.4, -0.2) is 50.9 Å². The predicted molar refractivity (Wildman–Crippen MR) is 54.4 cm³/mol. The van der Waals surface area contributed by atoms with E-state index >= 15 is 0 Å². The molecule has 0 aromatic heterocycles. The Hall–Kier alpha value is -0.160. The summed E-state index contributed by atoms with van der Waals surface area (Å²) in [6.07, 6.45) is 0.443. The number of hydrogen-bond donors (Lipinski definition) is 1. The van der Waals surface area contributed by atoms with Crippen molar-refractivity contribution < 1.29 is 19.3 Å². The number of aliphatic hydroxyl groups is 1. The molecule has 0 heterocycles. The van der Waals surface area contributed by atoms with Crippen molar-refractivity contribution in [3.8, 4) is 0 Å². The van der Waals surface area contributed by atoms with Crippen molar-refractivity contribution in [1.82, 2.24) is 0 Å². The van der Waals surface area contributed by atoms with Gasteiger partial charge in [-0.15, -0.1) is 0 Å². The van der Waals surface area contributed by atoms with Gasteiger partial charge in [-0.05, 0) is 20.3 Å². The van der Waals surface area contributed by atoms with Crippen LogP contribution in [0.1, 0.15) is 20.3 Å². The zero-order valence-electron chi connectivity index (χ0n) is 9.36. The largest absolute Gasteiger partial charge is 0.393 e. The zero-order valence-corrected chi connectivity index (χ0v) is 9.36. The van der Waals surface area contributed by atoms with Crippen molar-refractivity contribution in [2.24, 2.45) is 0 Å². The molecule has 0 aliphatic rings. The van der Waals surface area contributed by atoms with Gasteiger partial charge < -0.3 is 19.3 Å². The second kappa shape index (κ2) is 9.40. The molecule has 4 heteroatoms. The maximum absolute atomic E-state index is 9.07. The summed E-state index contributed by atoms with van der Waals surface area (Å²) in [5, 5.41) is 9.07. The molecule has 0 aliphatic heterocycles. The number of methoxy groups -OCH3 is 1. The van der Waals surface area contributed by atoms with Crippen LogP contribution in [0.5, 0.6) is 0 Å². The first-order chi connectivity index (χ1) is 6.66. The van der Waals surface area contributed by atoms with Gasteiger partial charge in [-0.3, -0.25) is 0 Å². The number of hydrogen-bond acceptors (Lipinski definition) is 4. The molecule has 4 nitrogen and oxygen atoms in total.